The minimum atomic E-state index is -1.08. The van der Waals surface area contributed by atoms with E-state index in [1.165, 1.54) is 4.90 Å². The van der Waals surface area contributed by atoms with E-state index in [1.54, 1.807) is 14.7 Å². The Morgan fingerprint density at radius 1 is 0.710 bits per heavy atom. The van der Waals surface area contributed by atoms with Crippen LogP contribution in [-0.2, 0) is 19.2 Å². The number of hydrogen-bond acceptors (Lipinski definition) is 9. The van der Waals surface area contributed by atoms with Crippen LogP contribution in [0.5, 0.6) is 0 Å². The molecule has 0 unspecified atom stereocenters. The van der Waals surface area contributed by atoms with Crippen LogP contribution in [-0.4, -0.2) is 137 Å². The van der Waals surface area contributed by atoms with Gasteiger partial charge in [-0.2, -0.15) is 0 Å². The summed E-state index contributed by atoms with van der Waals surface area (Å²) in [6.45, 7) is 4.80. The van der Waals surface area contributed by atoms with Crippen LogP contribution in [0.3, 0.4) is 0 Å². The molecule has 0 radical (unpaired) electrons. The lowest BCUT2D eigenvalue weighted by Crippen LogP contribution is -2.50. The van der Waals surface area contributed by atoms with Gasteiger partial charge >= 0.3 is 17.9 Å². The molecule has 0 bridgehead atoms. The van der Waals surface area contributed by atoms with Crippen LogP contribution in [0.2, 0.25) is 0 Å². The van der Waals surface area contributed by atoms with E-state index in [9.17, 15) is 29.4 Å². The van der Waals surface area contributed by atoms with Crippen molar-refractivity contribution >= 4 is 23.8 Å². The number of nitrogens with zero attached hydrogens (tertiary/aromatic N) is 4. The lowest BCUT2D eigenvalue weighted by atomic mass is 10.4. The van der Waals surface area contributed by atoms with Crippen LogP contribution >= 0.6 is 0 Å². The summed E-state index contributed by atoms with van der Waals surface area (Å²) in [5.74, 6) is -3.46. The SMILES string of the molecule is CC(C)NCCNC(=O)CN1CN(CC(=O)O)CCN(CC(=O)O)CN(CC(=O)O)C1. The number of nitrogens with one attached hydrogen (secondary N) is 2. The zero-order chi connectivity index (χ0) is 23.4. The second kappa shape index (κ2) is 13.9. The fourth-order valence-corrected chi connectivity index (χ4v) is 3.22. The summed E-state index contributed by atoms with van der Waals surface area (Å²) in [7, 11) is 0. The van der Waals surface area contributed by atoms with Gasteiger partial charge in [-0.05, 0) is 0 Å². The molecular weight excluding hydrogens is 412 g/mol. The molecule has 1 amide bonds. The molecule has 0 aromatic carbocycles. The van der Waals surface area contributed by atoms with Crippen molar-refractivity contribution in [2.24, 2.45) is 0 Å². The summed E-state index contributed by atoms with van der Waals surface area (Å²) in [6.07, 6.45) is 0. The smallest absolute Gasteiger partial charge is 0.317 e. The normalized spacial score (nSPS) is 17.6. The molecule has 1 heterocycles. The largest absolute Gasteiger partial charge is 0.480 e. The Hall–Kier alpha value is -2.32. The highest BCUT2D eigenvalue weighted by atomic mass is 16.4. The summed E-state index contributed by atoms with van der Waals surface area (Å²) in [6, 6.07) is 0.290. The van der Waals surface area contributed by atoms with Crippen molar-refractivity contribution in [3.05, 3.63) is 0 Å². The molecule has 0 aromatic heterocycles. The first kappa shape index (κ1) is 26.7. The number of amides is 1. The Labute approximate surface area is 181 Å². The monoisotopic (exact) mass is 446 g/mol. The van der Waals surface area contributed by atoms with Gasteiger partial charge in [-0.15, -0.1) is 0 Å². The third kappa shape index (κ3) is 12.9. The van der Waals surface area contributed by atoms with Gasteiger partial charge in [0.05, 0.1) is 46.2 Å². The van der Waals surface area contributed by atoms with E-state index >= 15 is 0 Å². The minimum Gasteiger partial charge on any atom is -0.480 e. The minimum absolute atomic E-state index is 0.0488. The van der Waals surface area contributed by atoms with Gasteiger partial charge < -0.3 is 26.0 Å². The van der Waals surface area contributed by atoms with Crippen LogP contribution in [0.4, 0.5) is 0 Å². The van der Waals surface area contributed by atoms with Gasteiger partial charge in [0.1, 0.15) is 0 Å². The number of aliphatic carboxylic acids is 3. The summed E-state index contributed by atoms with van der Waals surface area (Å²) in [5, 5.41) is 33.5. The van der Waals surface area contributed by atoms with Crippen molar-refractivity contribution in [2.75, 3.05) is 72.4 Å². The summed E-state index contributed by atoms with van der Waals surface area (Å²) >= 11 is 0. The molecule has 31 heavy (non-hydrogen) atoms. The Morgan fingerprint density at radius 2 is 1.13 bits per heavy atom. The molecule has 13 nitrogen and oxygen atoms in total. The van der Waals surface area contributed by atoms with Crippen molar-refractivity contribution in [2.45, 2.75) is 19.9 Å². The topological polar surface area (TPSA) is 166 Å². The third-order valence-electron chi connectivity index (χ3n) is 4.38. The lowest BCUT2D eigenvalue weighted by molar-refractivity contribution is -0.141. The van der Waals surface area contributed by atoms with E-state index in [4.69, 9.17) is 5.11 Å². The number of hydrogen-bond donors (Lipinski definition) is 5. The van der Waals surface area contributed by atoms with Gasteiger partial charge in [-0.1, -0.05) is 13.8 Å². The molecule has 178 valence electrons. The van der Waals surface area contributed by atoms with E-state index in [1.807, 2.05) is 13.8 Å². The van der Waals surface area contributed by atoms with Gasteiger partial charge in [0.2, 0.25) is 5.91 Å². The van der Waals surface area contributed by atoms with Crippen LogP contribution in [0, 0.1) is 0 Å². The molecule has 0 aliphatic carbocycles. The van der Waals surface area contributed by atoms with Gasteiger partial charge in [0.15, 0.2) is 0 Å². The van der Waals surface area contributed by atoms with Crippen LogP contribution in [0.25, 0.3) is 0 Å². The van der Waals surface area contributed by atoms with Crippen molar-refractivity contribution in [1.29, 1.82) is 0 Å². The highest BCUT2D eigenvalue weighted by Crippen LogP contribution is 2.05. The van der Waals surface area contributed by atoms with Gasteiger partial charge in [-0.3, -0.25) is 38.8 Å². The Bertz CT molecular complexity index is 618. The molecule has 0 aromatic rings. The van der Waals surface area contributed by atoms with Gasteiger partial charge in [-0.25, -0.2) is 0 Å². The maximum atomic E-state index is 12.4. The van der Waals surface area contributed by atoms with Gasteiger partial charge in [0.25, 0.3) is 0 Å². The highest BCUT2D eigenvalue weighted by molar-refractivity contribution is 5.78. The molecule has 1 saturated heterocycles. The Balaban J connectivity index is 2.87. The predicted molar refractivity (Wildman–Crippen MR) is 110 cm³/mol. The number of carbonyl (C=O) groups is 4. The fourth-order valence-electron chi connectivity index (χ4n) is 3.22. The zero-order valence-corrected chi connectivity index (χ0v) is 18.1. The molecule has 1 rings (SSSR count). The van der Waals surface area contributed by atoms with E-state index in [-0.39, 0.29) is 71.2 Å². The van der Waals surface area contributed by atoms with Crippen molar-refractivity contribution in [3.8, 4) is 0 Å². The quantitative estimate of drug-likeness (QED) is 0.200. The Kier molecular flexibility index (Phi) is 12.0. The van der Waals surface area contributed by atoms with E-state index in [0.29, 0.717) is 13.1 Å². The molecule has 1 fully saturated rings. The summed E-state index contributed by atoms with van der Waals surface area (Å²) in [4.78, 5) is 52.4. The molecule has 1 aliphatic rings. The number of carbonyl (C=O) groups excluding carboxylic acids is 1. The Morgan fingerprint density at radius 3 is 1.58 bits per heavy atom. The van der Waals surface area contributed by atoms with Crippen LogP contribution < -0.4 is 10.6 Å². The standard InChI is InChI=1S/C18H34N6O7/c1-14(2)19-3-4-20-15(25)7-23-11-21(8-16(26)27)5-6-22(9-17(28)29)12-24(13-23)10-18(30)31/h14,19H,3-13H2,1-2H3,(H,20,25)(H,26,27)(H,28,29)(H,30,31). The maximum Gasteiger partial charge on any atom is 0.317 e. The first-order valence-corrected chi connectivity index (χ1v) is 10.1. The summed E-state index contributed by atoms with van der Waals surface area (Å²) in [5.41, 5.74) is 0. The predicted octanol–water partition coefficient (Wildman–Crippen LogP) is -2.55. The molecular formula is C18H34N6O7. The average Bonchev–Trinajstić information content (AvgIpc) is 2.67. The summed E-state index contributed by atoms with van der Waals surface area (Å²) < 4.78 is 0. The molecule has 5 N–H and O–H groups in total. The maximum absolute atomic E-state index is 12.4. The fraction of sp³-hybridized carbons (Fsp3) is 0.778. The first-order chi connectivity index (χ1) is 14.5. The van der Waals surface area contributed by atoms with Crippen molar-refractivity contribution < 1.29 is 34.5 Å². The zero-order valence-electron chi connectivity index (χ0n) is 18.1. The second-order valence-corrected chi connectivity index (χ2v) is 7.83. The average molecular weight is 447 g/mol. The molecule has 0 atom stereocenters. The van der Waals surface area contributed by atoms with E-state index < -0.39 is 17.9 Å². The van der Waals surface area contributed by atoms with Gasteiger partial charge in [0, 0.05) is 32.2 Å². The van der Waals surface area contributed by atoms with E-state index in [2.05, 4.69) is 10.6 Å². The molecule has 0 spiro atoms. The lowest BCUT2D eigenvalue weighted by Gasteiger charge is -2.31. The number of rotatable bonds is 12. The van der Waals surface area contributed by atoms with Crippen molar-refractivity contribution in [1.82, 2.24) is 30.2 Å². The molecule has 1 aliphatic heterocycles. The molecule has 0 saturated carbocycles. The highest BCUT2D eigenvalue weighted by Gasteiger charge is 2.25. The van der Waals surface area contributed by atoms with E-state index in [0.717, 1.165) is 0 Å². The van der Waals surface area contributed by atoms with Crippen LogP contribution in [0.1, 0.15) is 13.8 Å². The van der Waals surface area contributed by atoms with Crippen molar-refractivity contribution in [3.63, 3.8) is 0 Å². The third-order valence-corrected chi connectivity index (χ3v) is 4.38. The van der Waals surface area contributed by atoms with Crippen LogP contribution in [0.15, 0.2) is 0 Å². The molecule has 13 heteroatoms. The number of carboxylic acids is 3. The number of carboxylic acid groups (broad SMARTS) is 3. The second-order valence-electron chi connectivity index (χ2n) is 7.83. The first-order valence-electron chi connectivity index (χ1n) is 10.1.